The van der Waals surface area contributed by atoms with E-state index >= 15 is 0 Å². The van der Waals surface area contributed by atoms with E-state index in [4.69, 9.17) is 23.2 Å². The fourth-order valence-electron chi connectivity index (χ4n) is 3.68. The van der Waals surface area contributed by atoms with Crippen molar-refractivity contribution in [3.63, 3.8) is 0 Å². The Labute approximate surface area is 198 Å². The molecule has 6 nitrogen and oxygen atoms in total. The molecule has 0 unspecified atom stereocenters. The molecule has 0 saturated carbocycles. The summed E-state index contributed by atoms with van der Waals surface area (Å²) in [6, 6.07) is 6.55. The minimum absolute atomic E-state index is 0.0875. The summed E-state index contributed by atoms with van der Waals surface area (Å²) in [6.45, 7) is 3.50. The number of aromatic hydroxyl groups is 2. The van der Waals surface area contributed by atoms with Crippen molar-refractivity contribution in [2.24, 2.45) is 10.3 Å². The number of unbranched alkanes of at least 4 members (excludes halogenated alkanes) is 5. The largest absolute Gasteiger partial charge is 0.507 e. The maximum absolute atomic E-state index is 10.2. The van der Waals surface area contributed by atoms with Crippen LogP contribution in [0.1, 0.15) is 73.6 Å². The average Bonchev–Trinajstić information content (AvgIpc) is 2.75. The number of hydrogen-bond acceptors (Lipinski definition) is 6. The van der Waals surface area contributed by atoms with E-state index in [1.165, 1.54) is 0 Å². The van der Waals surface area contributed by atoms with Crippen molar-refractivity contribution in [1.29, 1.82) is 0 Å². The second-order valence-electron chi connectivity index (χ2n) is 7.95. The first kappa shape index (κ1) is 25.8. The smallest absolute Gasteiger partial charge is 0.127 e. The van der Waals surface area contributed by atoms with Gasteiger partial charge in [0.1, 0.15) is 11.5 Å². The third-order valence-corrected chi connectivity index (χ3v) is 5.91. The molecule has 2 rings (SSSR count). The van der Waals surface area contributed by atoms with Crippen molar-refractivity contribution >= 4 is 34.6 Å². The number of oxime groups is 2. The van der Waals surface area contributed by atoms with Crippen molar-refractivity contribution in [2.45, 2.75) is 65.2 Å². The summed E-state index contributed by atoms with van der Waals surface area (Å²) in [5, 5.41) is 46.8. The van der Waals surface area contributed by atoms with Gasteiger partial charge in [-0.3, -0.25) is 0 Å². The molecular formula is C24H30Cl2N2O4. The van der Waals surface area contributed by atoms with Crippen molar-refractivity contribution in [1.82, 2.24) is 0 Å². The first-order chi connectivity index (χ1) is 15.3. The maximum atomic E-state index is 10.2. The first-order valence-electron chi connectivity index (χ1n) is 10.7. The zero-order valence-electron chi connectivity index (χ0n) is 18.4. The highest BCUT2D eigenvalue weighted by molar-refractivity contribution is 6.31. The van der Waals surface area contributed by atoms with Crippen molar-refractivity contribution in [2.75, 3.05) is 0 Å². The van der Waals surface area contributed by atoms with Crippen LogP contribution in [-0.2, 0) is 0 Å². The lowest BCUT2D eigenvalue weighted by Crippen LogP contribution is -2.03. The minimum atomic E-state index is 0.0875. The van der Waals surface area contributed by atoms with Gasteiger partial charge >= 0.3 is 0 Å². The second-order valence-corrected chi connectivity index (χ2v) is 8.83. The Hall–Kier alpha value is -2.44. The topological polar surface area (TPSA) is 106 Å². The van der Waals surface area contributed by atoms with E-state index < -0.39 is 0 Å². The lowest BCUT2D eigenvalue weighted by molar-refractivity contribution is 0.317. The van der Waals surface area contributed by atoms with Crippen LogP contribution in [0.4, 0.5) is 0 Å². The molecule has 0 fully saturated rings. The molecule has 0 bridgehead atoms. The van der Waals surface area contributed by atoms with E-state index in [1.807, 2.05) is 0 Å². The third-order valence-electron chi connectivity index (χ3n) is 5.47. The zero-order chi connectivity index (χ0) is 23.7. The van der Waals surface area contributed by atoms with E-state index in [1.54, 1.807) is 38.1 Å². The van der Waals surface area contributed by atoms with Gasteiger partial charge in [-0.2, -0.15) is 0 Å². The van der Waals surface area contributed by atoms with Gasteiger partial charge in [0.2, 0.25) is 0 Å². The van der Waals surface area contributed by atoms with Gasteiger partial charge in [0.25, 0.3) is 0 Å². The number of phenolic OH excluding ortho intramolecular Hbond substituents is 2. The van der Waals surface area contributed by atoms with Crippen LogP contribution in [-0.4, -0.2) is 32.1 Å². The minimum Gasteiger partial charge on any atom is -0.507 e. The van der Waals surface area contributed by atoms with Gasteiger partial charge in [-0.1, -0.05) is 59.2 Å². The van der Waals surface area contributed by atoms with Crippen LogP contribution >= 0.6 is 23.2 Å². The van der Waals surface area contributed by atoms with Gasteiger partial charge in [0, 0.05) is 21.2 Å². The molecule has 2 aromatic carbocycles. The molecule has 0 heterocycles. The number of nitrogens with zero attached hydrogens (tertiary/aromatic N) is 2. The Morgan fingerprint density at radius 2 is 1.00 bits per heavy atom. The summed E-state index contributed by atoms with van der Waals surface area (Å²) < 4.78 is 0. The van der Waals surface area contributed by atoms with Crippen LogP contribution in [0, 0.1) is 13.8 Å². The van der Waals surface area contributed by atoms with Gasteiger partial charge < -0.3 is 20.6 Å². The molecule has 0 aliphatic heterocycles. The fraction of sp³-hybridized carbons (Fsp3) is 0.417. The molecule has 0 saturated heterocycles. The molecule has 0 amide bonds. The highest BCUT2D eigenvalue weighted by Gasteiger charge is 2.14. The predicted octanol–water partition coefficient (Wildman–Crippen LogP) is 7.20. The van der Waals surface area contributed by atoms with E-state index in [2.05, 4.69) is 10.3 Å². The van der Waals surface area contributed by atoms with E-state index in [0.717, 1.165) is 38.5 Å². The molecule has 0 spiro atoms. The lowest BCUT2D eigenvalue weighted by Gasteiger charge is -2.10. The number of benzene rings is 2. The molecule has 8 heteroatoms. The predicted molar refractivity (Wildman–Crippen MR) is 129 cm³/mol. The highest BCUT2D eigenvalue weighted by atomic mass is 35.5. The number of halogens is 2. The molecule has 174 valence electrons. The number of rotatable bonds is 11. The van der Waals surface area contributed by atoms with Gasteiger partial charge in [-0.25, -0.2) is 0 Å². The summed E-state index contributed by atoms with van der Waals surface area (Å²) in [6.07, 6.45) is 6.64. The summed E-state index contributed by atoms with van der Waals surface area (Å²) in [5.41, 5.74) is 3.06. The summed E-state index contributed by atoms with van der Waals surface area (Å²) in [7, 11) is 0. The summed E-state index contributed by atoms with van der Waals surface area (Å²) >= 11 is 12.1. The Morgan fingerprint density at radius 3 is 1.34 bits per heavy atom. The zero-order valence-corrected chi connectivity index (χ0v) is 19.9. The van der Waals surface area contributed by atoms with E-state index in [9.17, 15) is 20.6 Å². The normalized spacial score (nSPS) is 12.4. The molecule has 0 radical (unpaired) electrons. The monoisotopic (exact) mass is 480 g/mol. The fourth-order valence-corrected chi connectivity index (χ4v) is 4.23. The van der Waals surface area contributed by atoms with Crippen molar-refractivity contribution in [3.8, 4) is 11.5 Å². The van der Waals surface area contributed by atoms with Gasteiger partial charge in [0.05, 0.1) is 11.4 Å². The van der Waals surface area contributed by atoms with Crippen molar-refractivity contribution < 1.29 is 20.6 Å². The number of phenols is 2. The van der Waals surface area contributed by atoms with Gasteiger partial charge in [-0.15, -0.1) is 0 Å². The standard InChI is InChI=1S/C24H30Cl2N2O4/c1-15-11-17(25)13-19(23(15)29)21(27-31)9-7-5-3-4-6-8-10-22(28-32)20-14-18(26)12-16(2)24(20)30/h11-14,29-32H,3-10H2,1-2H3. The van der Waals surface area contributed by atoms with Crippen LogP contribution in [0.25, 0.3) is 0 Å². The number of hydrogen-bond donors (Lipinski definition) is 4. The first-order valence-corrected chi connectivity index (χ1v) is 11.4. The highest BCUT2D eigenvalue weighted by Crippen LogP contribution is 2.29. The third kappa shape index (κ3) is 7.04. The van der Waals surface area contributed by atoms with Crippen LogP contribution in [0.5, 0.6) is 11.5 Å². The quantitative estimate of drug-likeness (QED) is 0.118. The second kappa shape index (κ2) is 12.6. The molecule has 0 aliphatic carbocycles. The van der Waals surface area contributed by atoms with Crippen LogP contribution in [0.15, 0.2) is 34.6 Å². The van der Waals surface area contributed by atoms with E-state index in [-0.39, 0.29) is 11.5 Å². The van der Waals surface area contributed by atoms with Gasteiger partial charge in [0.15, 0.2) is 0 Å². The summed E-state index contributed by atoms with van der Waals surface area (Å²) in [5.74, 6) is 0.175. The van der Waals surface area contributed by atoms with Crippen LogP contribution in [0.3, 0.4) is 0 Å². The molecule has 0 aliphatic rings. The lowest BCUT2D eigenvalue weighted by atomic mass is 9.98. The van der Waals surface area contributed by atoms with Crippen LogP contribution < -0.4 is 0 Å². The van der Waals surface area contributed by atoms with Gasteiger partial charge in [-0.05, 0) is 74.9 Å². The average molecular weight is 481 g/mol. The Morgan fingerprint density at radius 1 is 0.656 bits per heavy atom. The SMILES string of the molecule is Cc1cc(Cl)cc(C(CCCCCCCCC(=NO)c2cc(Cl)cc(C)c2O)=NO)c1O. The Bertz CT molecular complexity index is 911. The molecule has 0 aromatic heterocycles. The Balaban J connectivity index is 1.74. The molecule has 0 atom stereocenters. The summed E-state index contributed by atoms with van der Waals surface area (Å²) in [4.78, 5) is 0. The molecule has 4 N–H and O–H groups in total. The van der Waals surface area contributed by atoms with E-state index in [0.29, 0.717) is 56.6 Å². The van der Waals surface area contributed by atoms with Crippen LogP contribution in [0.2, 0.25) is 10.0 Å². The number of aryl methyl sites for hydroxylation is 2. The van der Waals surface area contributed by atoms with Crippen molar-refractivity contribution in [3.05, 3.63) is 56.6 Å². The molecule has 2 aromatic rings. The molecular weight excluding hydrogens is 451 g/mol. The maximum Gasteiger partial charge on any atom is 0.127 e. The molecule has 32 heavy (non-hydrogen) atoms. The Kier molecular flexibility index (Phi) is 10.1.